The molecule has 1 N–H and O–H groups in total. The van der Waals surface area contributed by atoms with Gasteiger partial charge in [0, 0.05) is 26.8 Å². The minimum absolute atomic E-state index is 0.837. The molecule has 2 rings (SSSR count). The molecule has 5 nitrogen and oxygen atoms in total. The zero-order chi connectivity index (χ0) is 14.4. The third-order valence-corrected chi connectivity index (χ3v) is 4.76. The molecule has 0 saturated carbocycles. The van der Waals surface area contributed by atoms with Gasteiger partial charge < -0.3 is 10.2 Å². The lowest BCUT2D eigenvalue weighted by Gasteiger charge is -2.07. The molecule has 0 aromatic carbocycles. The molecule has 7 heteroatoms. The van der Waals surface area contributed by atoms with E-state index in [0.29, 0.717) is 0 Å². The summed E-state index contributed by atoms with van der Waals surface area (Å²) in [6, 6.07) is 4.07. The van der Waals surface area contributed by atoms with E-state index in [9.17, 15) is 0 Å². The molecule has 0 spiro atoms. The van der Waals surface area contributed by atoms with Crippen LogP contribution in [0.1, 0.15) is 18.9 Å². The fourth-order valence-corrected chi connectivity index (χ4v) is 3.32. The van der Waals surface area contributed by atoms with Gasteiger partial charge in [-0.3, -0.25) is 0 Å². The van der Waals surface area contributed by atoms with E-state index in [1.54, 1.807) is 23.1 Å². The van der Waals surface area contributed by atoms with E-state index in [1.165, 1.54) is 5.56 Å². The van der Waals surface area contributed by atoms with Gasteiger partial charge >= 0.3 is 0 Å². The van der Waals surface area contributed by atoms with Gasteiger partial charge in [0.25, 0.3) is 0 Å². The Morgan fingerprint density at radius 1 is 1.35 bits per heavy atom. The second-order valence-electron chi connectivity index (χ2n) is 4.49. The van der Waals surface area contributed by atoms with Crippen molar-refractivity contribution >= 4 is 28.2 Å². The highest BCUT2D eigenvalue weighted by Gasteiger charge is 2.11. The summed E-state index contributed by atoms with van der Waals surface area (Å²) >= 11 is 3.16. The number of hydrogen-bond acceptors (Lipinski definition) is 7. The summed E-state index contributed by atoms with van der Waals surface area (Å²) in [5, 5.41) is 13.7. The summed E-state index contributed by atoms with van der Waals surface area (Å²) in [5.74, 6) is 0. The molecule has 0 amide bonds. The zero-order valence-corrected chi connectivity index (χ0v) is 13.6. The summed E-state index contributed by atoms with van der Waals surface area (Å²) < 4.78 is 0.921. The third-order valence-electron chi connectivity index (χ3n) is 2.55. The van der Waals surface area contributed by atoms with Gasteiger partial charge in [-0.25, -0.2) is 4.98 Å². The van der Waals surface area contributed by atoms with Crippen LogP contribution in [-0.2, 0) is 6.54 Å². The summed E-state index contributed by atoms with van der Waals surface area (Å²) in [5.41, 5.74) is 1.20. The van der Waals surface area contributed by atoms with Gasteiger partial charge in [-0.05, 0) is 36.4 Å². The minimum Gasteiger partial charge on any atom is -0.353 e. The van der Waals surface area contributed by atoms with Crippen LogP contribution in [0.3, 0.4) is 0 Å². The first-order valence-corrected chi connectivity index (χ1v) is 8.17. The van der Waals surface area contributed by atoms with E-state index in [0.717, 1.165) is 34.0 Å². The molecule has 0 bridgehead atoms. The molecule has 0 aliphatic rings. The van der Waals surface area contributed by atoms with Gasteiger partial charge in [0.2, 0.25) is 5.13 Å². The summed E-state index contributed by atoms with van der Waals surface area (Å²) in [4.78, 5) is 6.42. The fourth-order valence-electron chi connectivity index (χ4n) is 1.56. The average molecular weight is 309 g/mol. The molecule has 2 heterocycles. The summed E-state index contributed by atoms with van der Waals surface area (Å²) in [7, 11) is 3.94. The number of anilines is 1. The number of nitrogens with one attached hydrogen (secondary N) is 1. The molecule has 20 heavy (non-hydrogen) atoms. The number of hydrogen-bond donors (Lipinski definition) is 1. The van der Waals surface area contributed by atoms with Crippen molar-refractivity contribution in [3.05, 3.63) is 23.9 Å². The van der Waals surface area contributed by atoms with Gasteiger partial charge in [0.15, 0.2) is 4.34 Å². The standard InChI is InChI=1S/C13H19N5S2/c1-4-7-14-9-10-6-5-8-15-11(10)19-13-17-16-12(20-13)18(2)3/h5-6,8,14H,4,7,9H2,1-3H3. The van der Waals surface area contributed by atoms with E-state index >= 15 is 0 Å². The van der Waals surface area contributed by atoms with Crippen molar-refractivity contribution in [3.63, 3.8) is 0 Å². The highest BCUT2D eigenvalue weighted by Crippen LogP contribution is 2.33. The van der Waals surface area contributed by atoms with E-state index in [-0.39, 0.29) is 0 Å². The lowest BCUT2D eigenvalue weighted by molar-refractivity contribution is 0.665. The van der Waals surface area contributed by atoms with E-state index in [2.05, 4.69) is 33.5 Å². The molecule has 0 saturated heterocycles. The Morgan fingerprint density at radius 2 is 2.20 bits per heavy atom. The molecule has 0 aliphatic heterocycles. The minimum atomic E-state index is 0.837. The predicted molar refractivity (Wildman–Crippen MR) is 84.6 cm³/mol. The molecule has 0 aliphatic carbocycles. The first-order valence-electron chi connectivity index (χ1n) is 6.54. The van der Waals surface area contributed by atoms with Crippen molar-refractivity contribution in [3.8, 4) is 0 Å². The second kappa shape index (κ2) is 7.56. The molecule has 0 unspecified atom stereocenters. The van der Waals surface area contributed by atoms with Gasteiger partial charge in [0.05, 0.1) is 0 Å². The van der Waals surface area contributed by atoms with Crippen LogP contribution >= 0.6 is 23.1 Å². The zero-order valence-electron chi connectivity index (χ0n) is 12.0. The molecule has 0 radical (unpaired) electrons. The van der Waals surface area contributed by atoms with Crippen LogP contribution < -0.4 is 10.2 Å². The summed E-state index contributed by atoms with van der Waals surface area (Å²) in [6.45, 7) is 4.02. The predicted octanol–water partition coefficient (Wildman–Crippen LogP) is 2.65. The molecule has 2 aromatic heterocycles. The van der Waals surface area contributed by atoms with Crippen LogP contribution in [-0.4, -0.2) is 35.8 Å². The number of pyridine rings is 1. The van der Waals surface area contributed by atoms with Crippen molar-refractivity contribution < 1.29 is 0 Å². The third kappa shape index (κ3) is 4.16. The maximum Gasteiger partial charge on any atom is 0.208 e. The Bertz CT molecular complexity index is 541. The Labute approximate surface area is 127 Å². The van der Waals surface area contributed by atoms with Crippen molar-refractivity contribution in [2.45, 2.75) is 29.3 Å². The van der Waals surface area contributed by atoms with Crippen molar-refractivity contribution in [2.24, 2.45) is 0 Å². The van der Waals surface area contributed by atoms with Crippen LogP contribution in [0, 0.1) is 0 Å². The van der Waals surface area contributed by atoms with Gasteiger partial charge in [-0.2, -0.15) is 0 Å². The highest BCUT2D eigenvalue weighted by molar-refractivity contribution is 8.01. The number of rotatable bonds is 7. The maximum atomic E-state index is 4.46. The van der Waals surface area contributed by atoms with Gasteiger partial charge in [0.1, 0.15) is 5.03 Å². The SMILES string of the molecule is CCCNCc1cccnc1Sc1nnc(N(C)C)s1. The van der Waals surface area contributed by atoms with Crippen molar-refractivity contribution in [1.29, 1.82) is 0 Å². The molecular formula is C13H19N5S2. The van der Waals surface area contributed by atoms with Crippen molar-refractivity contribution in [1.82, 2.24) is 20.5 Å². The fraction of sp³-hybridized carbons (Fsp3) is 0.462. The lowest BCUT2D eigenvalue weighted by Crippen LogP contribution is -2.14. The molecule has 2 aromatic rings. The summed E-state index contributed by atoms with van der Waals surface area (Å²) in [6.07, 6.45) is 2.95. The highest BCUT2D eigenvalue weighted by atomic mass is 32.2. The Hall–Kier alpha value is -1.18. The van der Waals surface area contributed by atoms with E-state index in [1.807, 2.05) is 31.3 Å². The Morgan fingerprint density at radius 3 is 2.90 bits per heavy atom. The molecule has 0 atom stereocenters. The normalized spacial score (nSPS) is 10.8. The van der Waals surface area contributed by atoms with Crippen LogP contribution in [0.5, 0.6) is 0 Å². The van der Waals surface area contributed by atoms with Crippen LogP contribution in [0.2, 0.25) is 0 Å². The van der Waals surface area contributed by atoms with Crippen LogP contribution in [0.25, 0.3) is 0 Å². The molecular weight excluding hydrogens is 290 g/mol. The van der Waals surface area contributed by atoms with Crippen LogP contribution in [0.4, 0.5) is 5.13 Å². The monoisotopic (exact) mass is 309 g/mol. The number of nitrogens with zero attached hydrogens (tertiary/aromatic N) is 4. The maximum absolute atomic E-state index is 4.46. The molecule has 108 valence electrons. The first kappa shape index (κ1) is 15.2. The Balaban J connectivity index is 2.07. The quantitative estimate of drug-likeness (QED) is 0.794. The van der Waals surface area contributed by atoms with Crippen molar-refractivity contribution in [2.75, 3.05) is 25.5 Å². The largest absolute Gasteiger partial charge is 0.353 e. The Kier molecular flexibility index (Phi) is 5.75. The van der Waals surface area contributed by atoms with Gasteiger partial charge in [-0.15, -0.1) is 10.2 Å². The smallest absolute Gasteiger partial charge is 0.208 e. The number of aromatic nitrogens is 3. The average Bonchev–Trinajstić information content (AvgIpc) is 2.90. The topological polar surface area (TPSA) is 53.9 Å². The first-order chi connectivity index (χ1) is 9.70. The molecule has 0 fully saturated rings. The van der Waals surface area contributed by atoms with Crippen LogP contribution in [0.15, 0.2) is 27.7 Å². The van der Waals surface area contributed by atoms with E-state index < -0.39 is 0 Å². The lowest BCUT2D eigenvalue weighted by atomic mass is 10.3. The van der Waals surface area contributed by atoms with E-state index in [4.69, 9.17) is 0 Å². The van der Waals surface area contributed by atoms with Gasteiger partial charge in [-0.1, -0.05) is 24.3 Å². The second-order valence-corrected chi connectivity index (χ2v) is 6.68.